The predicted molar refractivity (Wildman–Crippen MR) is 97.3 cm³/mol. The molecule has 0 bridgehead atoms. The van der Waals surface area contributed by atoms with E-state index in [-0.39, 0.29) is 17.4 Å². The summed E-state index contributed by atoms with van der Waals surface area (Å²) >= 11 is 0. The number of benzene rings is 1. The highest BCUT2D eigenvalue weighted by molar-refractivity contribution is 5.74. The van der Waals surface area contributed by atoms with Crippen LogP contribution in [-0.2, 0) is 5.41 Å². The van der Waals surface area contributed by atoms with Gasteiger partial charge in [0, 0.05) is 31.6 Å². The number of urea groups is 2. The van der Waals surface area contributed by atoms with Gasteiger partial charge in [-0.25, -0.2) is 9.59 Å². The zero-order valence-electron chi connectivity index (χ0n) is 14.7. The van der Waals surface area contributed by atoms with E-state index in [0.29, 0.717) is 19.6 Å². The van der Waals surface area contributed by atoms with Gasteiger partial charge >= 0.3 is 12.1 Å². The summed E-state index contributed by atoms with van der Waals surface area (Å²) in [4.78, 5) is 25.3. The molecule has 3 rings (SSSR count). The zero-order chi connectivity index (χ0) is 17.7. The van der Waals surface area contributed by atoms with Crippen molar-refractivity contribution in [3.05, 3.63) is 35.9 Å². The summed E-state index contributed by atoms with van der Waals surface area (Å²) in [5, 5.41) is 5.81. The number of rotatable bonds is 5. The monoisotopic (exact) mass is 344 g/mol. The van der Waals surface area contributed by atoms with E-state index < -0.39 is 6.03 Å². The van der Waals surface area contributed by atoms with Gasteiger partial charge < -0.3 is 21.3 Å². The van der Waals surface area contributed by atoms with Crippen molar-refractivity contribution >= 4 is 12.1 Å². The number of carbonyl (C=O) groups excluding carboxylic acids is 2. The highest BCUT2D eigenvalue weighted by Gasteiger charge is 2.39. The number of piperidine rings is 1. The Hall–Kier alpha value is -2.24. The molecule has 1 aliphatic heterocycles. The van der Waals surface area contributed by atoms with E-state index in [2.05, 4.69) is 34.9 Å². The maximum atomic E-state index is 12.6. The topological polar surface area (TPSA) is 87.5 Å². The maximum Gasteiger partial charge on any atom is 0.317 e. The van der Waals surface area contributed by atoms with E-state index in [1.807, 2.05) is 11.0 Å². The zero-order valence-corrected chi connectivity index (χ0v) is 14.7. The van der Waals surface area contributed by atoms with Crippen molar-refractivity contribution < 1.29 is 9.59 Å². The van der Waals surface area contributed by atoms with Crippen LogP contribution in [0.3, 0.4) is 0 Å². The van der Waals surface area contributed by atoms with Gasteiger partial charge in [0.2, 0.25) is 0 Å². The lowest BCUT2D eigenvalue weighted by molar-refractivity contribution is 0.156. The fraction of sp³-hybridized carbons (Fsp3) is 0.579. The second-order valence-electron chi connectivity index (χ2n) is 7.36. The van der Waals surface area contributed by atoms with Crippen molar-refractivity contribution in [1.82, 2.24) is 15.5 Å². The van der Waals surface area contributed by atoms with Gasteiger partial charge in [0.25, 0.3) is 0 Å². The summed E-state index contributed by atoms with van der Waals surface area (Å²) in [5.74, 6) is 0.277. The lowest BCUT2D eigenvalue weighted by atomic mass is 9.64. The molecule has 4 N–H and O–H groups in total. The SMILES string of the molecule is NC(=O)NCC1CCCN(C(=O)NCC2(c3ccccc3)CCC2)C1. The largest absolute Gasteiger partial charge is 0.352 e. The molecule has 0 spiro atoms. The molecule has 1 aliphatic carbocycles. The Kier molecular flexibility index (Phi) is 5.46. The Morgan fingerprint density at radius 3 is 2.56 bits per heavy atom. The molecule has 1 heterocycles. The molecule has 1 saturated carbocycles. The predicted octanol–water partition coefficient (Wildman–Crippen LogP) is 2.20. The molecule has 136 valence electrons. The Bertz CT molecular complexity index is 601. The van der Waals surface area contributed by atoms with E-state index in [0.717, 1.165) is 32.2 Å². The van der Waals surface area contributed by atoms with Crippen LogP contribution in [0.5, 0.6) is 0 Å². The van der Waals surface area contributed by atoms with Gasteiger partial charge in [0.15, 0.2) is 0 Å². The normalized spacial score (nSPS) is 21.9. The van der Waals surface area contributed by atoms with E-state index in [1.165, 1.54) is 12.0 Å². The fourth-order valence-electron chi connectivity index (χ4n) is 3.98. The highest BCUT2D eigenvalue weighted by Crippen LogP contribution is 2.43. The summed E-state index contributed by atoms with van der Waals surface area (Å²) in [5.41, 5.74) is 6.55. The summed E-state index contributed by atoms with van der Waals surface area (Å²) in [6.45, 7) is 2.67. The van der Waals surface area contributed by atoms with Gasteiger partial charge in [0.1, 0.15) is 0 Å². The second kappa shape index (κ2) is 7.76. The summed E-state index contributed by atoms with van der Waals surface area (Å²) in [6, 6.07) is 10.00. The van der Waals surface area contributed by atoms with Gasteiger partial charge in [-0.2, -0.15) is 0 Å². The molecule has 6 nitrogen and oxygen atoms in total. The first-order valence-electron chi connectivity index (χ1n) is 9.21. The molecule has 1 unspecified atom stereocenters. The second-order valence-corrected chi connectivity index (χ2v) is 7.36. The molecule has 1 atom stereocenters. The van der Waals surface area contributed by atoms with Gasteiger partial charge in [-0.15, -0.1) is 0 Å². The van der Waals surface area contributed by atoms with Crippen molar-refractivity contribution in [2.45, 2.75) is 37.5 Å². The molecule has 0 aromatic heterocycles. The molecule has 1 aromatic carbocycles. The number of nitrogens with one attached hydrogen (secondary N) is 2. The molecule has 0 radical (unpaired) electrons. The quantitative estimate of drug-likeness (QED) is 0.765. The molecule has 2 aliphatic rings. The average Bonchev–Trinajstić information content (AvgIpc) is 2.60. The van der Waals surface area contributed by atoms with Crippen LogP contribution in [0.2, 0.25) is 0 Å². The smallest absolute Gasteiger partial charge is 0.317 e. The Balaban J connectivity index is 1.52. The van der Waals surface area contributed by atoms with E-state index in [1.54, 1.807) is 0 Å². The third-order valence-corrected chi connectivity index (χ3v) is 5.65. The van der Waals surface area contributed by atoms with Crippen molar-refractivity contribution in [3.8, 4) is 0 Å². The number of hydrogen-bond donors (Lipinski definition) is 3. The Morgan fingerprint density at radius 2 is 1.92 bits per heavy atom. The van der Waals surface area contributed by atoms with Crippen molar-refractivity contribution in [1.29, 1.82) is 0 Å². The van der Waals surface area contributed by atoms with E-state index in [4.69, 9.17) is 5.73 Å². The average molecular weight is 344 g/mol. The van der Waals surface area contributed by atoms with Crippen LogP contribution in [0.1, 0.15) is 37.7 Å². The highest BCUT2D eigenvalue weighted by atomic mass is 16.2. The third kappa shape index (κ3) is 4.24. The van der Waals surface area contributed by atoms with E-state index >= 15 is 0 Å². The maximum absolute atomic E-state index is 12.6. The summed E-state index contributed by atoms with van der Waals surface area (Å²) in [7, 11) is 0. The van der Waals surface area contributed by atoms with Crippen molar-refractivity contribution in [2.24, 2.45) is 11.7 Å². The van der Waals surface area contributed by atoms with Crippen LogP contribution in [0.25, 0.3) is 0 Å². The lowest BCUT2D eigenvalue weighted by Crippen LogP contribution is -2.52. The van der Waals surface area contributed by atoms with E-state index in [9.17, 15) is 9.59 Å². The van der Waals surface area contributed by atoms with Crippen molar-refractivity contribution in [2.75, 3.05) is 26.2 Å². The number of amides is 4. The van der Waals surface area contributed by atoms with Crippen LogP contribution < -0.4 is 16.4 Å². The number of hydrogen-bond acceptors (Lipinski definition) is 2. The van der Waals surface area contributed by atoms with Crippen LogP contribution in [0.4, 0.5) is 9.59 Å². The molecule has 2 fully saturated rings. The standard InChI is InChI=1S/C19H28N4O2/c20-17(24)21-12-15-6-4-11-23(13-15)18(25)22-14-19(9-5-10-19)16-7-2-1-3-8-16/h1-3,7-8,15H,4-6,9-14H2,(H,22,25)(H3,20,21,24). The van der Waals surface area contributed by atoms with Crippen molar-refractivity contribution in [3.63, 3.8) is 0 Å². The van der Waals surface area contributed by atoms with Crippen LogP contribution in [-0.4, -0.2) is 43.1 Å². The van der Waals surface area contributed by atoms with Gasteiger partial charge in [0.05, 0.1) is 0 Å². The molecule has 6 heteroatoms. The first kappa shape index (κ1) is 17.6. The molecular weight excluding hydrogens is 316 g/mol. The summed E-state index contributed by atoms with van der Waals surface area (Å²) < 4.78 is 0. The number of nitrogens with two attached hydrogens (primary N) is 1. The molecule has 25 heavy (non-hydrogen) atoms. The molecule has 4 amide bonds. The number of primary amides is 1. The number of carbonyl (C=O) groups is 2. The number of likely N-dealkylation sites (tertiary alicyclic amines) is 1. The first-order valence-corrected chi connectivity index (χ1v) is 9.21. The van der Waals surface area contributed by atoms with Crippen LogP contribution in [0.15, 0.2) is 30.3 Å². The third-order valence-electron chi connectivity index (χ3n) is 5.65. The molecule has 1 aromatic rings. The first-order chi connectivity index (χ1) is 12.1. The van der Waals surface area contributed by atoms with Gasteiger partial charge in [-0.3, -0.25) is 0 Å². The Morgan fingerprint density at radius 1 is 1.16 bits per heavy atom. The number of nitrogens with zero attached hydrogens (tertiary/aromatic N) is 1. The summed E-state index contributed by atoms with van der Waals surface area (Å²) in [6.07, 6.45) is 5.45. The minimum absolute atomic E-state index is 0.00554. The minimum Gasteiger partial charge on any atom is -0.352 e. The minimum atomic E-state index is -0.503. The molecular formula is C19H28N4O2. The van der Waals surface area contributed by atoms with Gasteiger partial charge in [-0.05, 0) is 37.2 Å². The fourth-order valence-corrected chi connectivity index (χ4v) is 3.98. The van der Waals surface area contributed by atoms with Crippen LogP contribution >= 0.6 is 0 Å². The lowest BCUT2D eigenvalue weighted by Gasteiger charge is -2.43. The molecule has 1 saturated heterocycles. The van der Waals surface area contributed by atoms with Crippen LogP contribution in [0, 0.1) is 5.92 Å². The van der Waals surface area contributed by atoms with Gasteiger partial charge in [-0.1, -0.05) is 36.8 Å². The Labute approximate surface area is 149 Å².